The second-order valence-electron chi connectivity index (χ2n) is 7.30. The second-order valence-corrected chi connectivity index (χ2v) is 7.30. The summed E-state index contributed by atoms with van der Waals surface area (Å²) in [5.41, 5.74) is 0.946. The lowest BCUT2D eigenvalue weighted by molar-refractivity contribution is -0.128. The van der Waals surface area contributed by atoms with E-state index in [0.717, 1.165) is 37.3 Å². The van der Waals surface area contributed by atoms with E-state index in [4.69, 9.17) is 9.26 Å². The van der Waals surface area contributed by atoms with Crippen molar-refractivity contribution in [3.05, 3.63) is 36.0 Å². The standard InChI is InChI=1S/C20H26N4O3/c1-3-14(4-2)21-19(25)17-11-24(15-7-5-6-8-16(15)26-17)12-18-22-20(27-23-18)13-9-10-13/h5-8,13-14,17H,3-4,9-12H2,1-2H3,(H,21,25). The first-order chi connectivity index (χ1) is 13.2. The quantitative estimate of drug-likeness (QED) is 0.807. The summed E-state index contributed by atoms with van der Waals surface area (Å²) in [5.74, 6) is 2.44. The van der Waals surface area contributed by atoms with Crippen molar-refractivity contribution in [3.63, 3.8) is 0 Å². The summed E-state index contributed by atoms with van der Waals surface area (Å²) in [6, 6.07) is 7.94. The molecule has 0 spiro atoms. The van der Waals surface area contributed by atoms with Crippen LogP contribution in [0.4, 0.5) is 5.69 Å². The van der Waals surface area contributed by atoms with Gasteiger partial charge in [0.25, 0.3) is 5.91 Å². The molecular weight excluding hydrogens is 344 g/mol. The molecule has 27 heavy (non-hydrogen) atoms. The Balaban J connectivity index is 1.51. The van der Waals surface area contributed by atoms with Crippen LogP contribution in [0.5, 0.6) is 5.75 Å². The lowest BCUT2D eigenvalue weighted by Crippen LogP contribution is -2.51. The van der Waals surface area contributed by atoms with Gasteiger partial charge in [0, 0.05) is 12.0 Å². The number of fused-ring (bicyclic) bond motifs is 1. The number of anilines is 1. The average Bonchev–Trinajstić information content (AvgIpc) is 3.45. The number of benzene rings is 1. The number of amides is 1. The predicted octanol–water partition coefficient (Wildman–Crippen LogP) is 3.02. The Hall–Kier alpha value is -2.57. The number of carbonyl (C=O) groups is 1. The molecule has 1 aromatic carbocycles. The molecule has 1 amide bonds. The summed E-state index contributed by atoms with van der Waals surface area (Å²) >= 11 is 0. The number of ether oxygens (including phenoxy) is 1. The molecule has 0 saturated heterocycles. The third kappa shape index (κ3) is 3.91. The van der Waals surface area contributed by atoms with Crippen LogP contribution in [0.1, 0.15) is 57.2 Å². The van der Waals surface area contributed by atoms with Gasteiger partial charge in [0.1, 0.15) is 5.75 Å². The zero-order valence-electron chi connectivity index (χ0n) is 15.9. The molecule has 0 bridgehead atoms. The minimum Gasteiger partial charge on any atom is -0.477 e. The number of para-hydroxylation sites is 2. The zero-order chi connectivity index (χ0) is 18.8. The van der Waals surface area contributed by atoms with Gasteiger partial charge in [0.05, 0.1) is 18.8 Å². The summed E-state index contributed by atoms with van der Waals surface area (Å²) in [7, 11) is 0. The molecule has 144 valence electrons. The highest BCUT2D eigenvalue weighted by molar-refractivity contribution is 5.83. The van der Waals surface area contributed by atoms with Crippen molar-refractivity contribution in [2.45, 2.75) is 64.1 Å². The number of hydrogen-bond donors (Lipinski definition) is 1. The van der Waals surface area contributed by atoms with Crippen molar-refractivity contribution < 1.29 is 14.1 Å². The largest absolute Gasteiger partial charge is 0.477 e. The van der Waals surface area contributed by atoms with Gasteiger partial charge in [0.15, 0.2) is 11.9 Å². The summed E-state index contributed by atoms with van der Waals surface area (Å²) in [4.78, 5) is 19.3. The number of nitrogens with zero attached hydrogens (tertiary/aromatic N) is 3. The van der Waals surface area contributed by atoms with E-state index >= 15 is 0 Å². The fourth-order valence-electron chi connectivity index (χ4n) is 3.38. The van der Waals surface area contributed by atoms with E-state index in [1.54, 1.807) is 0 Å². The minimum atomic E-state index is -0.560. The smallest absolute Gasteiger partial charge is 0.263 e. The summed E-state index contributed by atoms with van der Waals surface area (Å²) < 4.78 is 11.4. The van der Waals surface area contributed by atoms with Crippen LogP contribution in [0.3, 0.4) is 0 Å². The molecule has 1 atom stereocenters. The average molecular weight is 370 g/mol. The van der Waals surface area contributed by atoms with Crippen LogP contribution >= 0.6 is 0 Å². The first kappa shape index (κ1) is 17.8. The molecule has 7 nitrogen and oxygen atoms in total. The van der Waals surface area contributed by atoms with Gasteiger partial charge in [0.2, 0.25) is 5.89 Å². The van der Waals surface area contributed by atoms with E-state index in [0.29, 0.717) is 30.6 Å². The zero-order valence-corrected chi connectivity index (χ0v) is 15.9. The van der Waals surface area contributed by atoms with Crippen LogP contribution in [0.15, 0.2) is 28.8 Å². The summed E-state index contributed by atoms with van der Waals surface area (Å²) in [5, 5.41) is 7.21. The maximum atomic E-state index is 12.7. The fourth-order valence-corrected chi connectivity index (χ4v) is 3.38. The monoisotopic (exact) mass is 370 g/mol. The molecular formula is C20H26N4O3. The van der Waals surface area contributed by atoms with Crippen LogP contribution in [-0.4, -0.2) is 34.7 Å². The molecule has 1 unspecified atom stereocenters. The molecule has 0 radical (unpaired) electrons. The number of hydrogen-bond acceptors (Lipinski definition) is 6. The second kappa shape index (κ2) is 7.58. The van der Waals surface area contributed by atoms with Gasteiger partial charge in [-0.15, -0.1) is 0 Å². The molecule has 1 aliphatic heterocycles. The van der Waals surface area contributed by atoms with E-state index in [2.05, 4.69) is 34.2 Å². The van der Waals surface area contributed by atoms with Crippen molar-refractivity contribution in [1.29, 1.82) is 0 Å². The van der Waals surface area contributed by atoms with Crippen molar-refractivity contribution >= 4 is 11.6 Å². The molecule has 1 aromatic heterocycles. The Morgan fingerprint density at radius 1 is 1.30 bits per heavy atom. The van der Waals surface area contributed by atoms with Gasteiger partial charge in [-0.05, 0) is 37.8 Å². The highest BCUT2D eigenvalue weighted by Gasteiger charge is 2.33. The number of aromatic nitrogens is 2. The Bertz CT molecular complexity index is 798. The summed E-state index contributed by atoms with van der Waals surface area (Å²) in [6.45, 7) is 5.10. The molecule has 1 aliphatic carbocycles. The van der Waals surface area contributed by atoms with Gasteiger partial charge in [-0.25, -0.2) is 0 Å². The van der Waals surface area contributed by atoms with E-state index in [1.165, 1.54) is 0 Å². The van der Waals surface area contributed by atoms with E-state index in [1.807, 2.05) is 24.3 Å². The first-order valence-corrected chi connectivity index (χ1v) is 9.81. The highest BCUT2D eigenvalue weighted by Crippen LogP contribution is 2.39. The molecule has 1 N–H and O–H groups in total. The van der Waals surface area contributed by atoms with Gasteiger partial charge < -0.3 is 19.5 Å². The number of nitrogens with one attached hydrogen (secondary N) is 1. The lowest BCUT2D eigenvalue weighted by Gasteiger charge is -2.35. The van der Waals surface area contributed by atoms with Crippen LogP contribution in [0.2, 0.25) is 0 Å². The van der Waals surface area contributed by atoms with Crippen LogP contribution in [0, 0.1) is 0 Å². The molecule has 1 saturated carbocycles. The number of carbonyl (C=O) groups excluding carboxylic acids is 1. The third-order valence-corrected chi connectivity index (χ3v) is 5.23. The van der Waals surface area contributed by atoms with Crippen molar-refractivity contribution in [3.8, 4) is 5.75 Å². The third-order valence-electron chi connectivity index (χ3n) is 5.23. The van der Waals surface area contributed by atoms with Crippen LogP contribution in [0.25, 0.3) is 0 Å². The summed E-state index contributed by atoms with van der Waals surface area (Å²) in [6.07, 6.45) is 3.50. The predicted molar refractivity (Wildman–Crippen MR) is 101 cm³/mol. The molecule has 2 aromatic rings. The SMILES string of the molecule is CCC(CC)NC(=O)C1CN(Cc2noc(C3CC3)n2)c2ccccc2O1. The Morgan fingerprint density at radius 3 is 2.81 bits per heavy atom. The van der Waals surface area contributed by atoms with Crippen molar-refractivity contribution in [2.24, 2.45) is 0 Å². The highest BCUT2D eigenvalue weighted by atomic mass is 16.5. The first-order valence-electron chi connectivity index (χ1n) is 9.81. The minimum absolute atomic E-state index is 0.0741. The molecule has 2 heterocycles. The Labute approximate surface area is 159 Å². The fraction of sp³-hybridized carbons (Fsp3) is 0.550. The van der Waals surface area contributed by atoms with Gasteiger partial charge in [-0.2, -0.15) is 4.98 Å². The van der Waals surface area contributed by atoms with Crippen LogP contribution in [-0.2, 0) is 11.3 Å². The van der Waals surface area contributed by atoms with E-state index in [9.17, 15) is 4.79 Å². The molecule has 7 heteroatoms. The van der Waals surface area contributed by atoms with Crippen molar-refractivity contribution in [1.82, 2.24) is 15.5 Å². The van der Waals surface area contributed by atoms with Gasteiger partial charge in [-0.1, -0.05) is 31.1 Å². The number of rotatable bonds is 7. The van der Waals surface area contributed by atoms with Gasteiger partial charge >= 0.3 is 0 Å². The maximum absolute atomic E-state index is 12.7. The van der Waals surface area contributed by atoms with E-state index < -0.39 is 6.10 Å². The van der Waals surface area contributed by atoms with Crippen molar-refractivity contribution in [2.75, 3.05) is 11.4 Å². The molecule has 4 rings (SSSR count). The lowest BCUT2D eigenvalue weighted by atomic mass is 10.1. The van der Waals surface area contributed by atoms with E-state index in [-0.39, 0.29) is 11.9 Å². The Morgan fingerprint density at radius 2 is 2.07 bits per heavy atom. The van der Waals surface area contributed by atoms with Gasteiger partial charge in [-0.3, -0.25) is 4.79 Å². The molecule has 1 fully saturated rings. The normalized spacial score (nSPS) is 18.9. The Kier molecular flexibility index (Phi) is 5.01. The topological polar surface area (TPSA) is 80.5 Å². The van der Waals surface area contributed by atoms with Crippen LogP contribution < -0.4 is 15.0 Å². The molecule has 2 aliphatic rings. The maximum Gasteiger partial charge on any atom is 0.263 e.